The van der Waals surface area contributed by atoms with Crippen LogP contribution >= 0.6 is 23.2 Å². The number of benzene rings is 1. The van der Waals surface area contributed by atoms with Gasteiger partial charge in [0.05, 0.1) is 10.9 Å². The van der Waals surface area contributed by atoms with E-state index < -0.39 is 58.8 Å². The molecule has 0 atom stereocenters. The van der Waals surface area contributed by atoms with Gasteiger partial charge in [0.15, 0.2) is 11.6 Å². The maximum atomic E-state index is 14.4. The van der Waals surface area contributed by atoms with E-state index in [0.29, 0.717) is 5.56 Å². The fourth-order valence-electron chi connectivity index (χ4n) is 4.07. The Balaban J connectivity index is 1.95. The molecule has 2 amide bonds. The minimum Gasteiger partial charge on any atom is -0.460 e. The van der Waals surface area contributed by atoms with Gasteiger partial charge in [0.25, 0.3) is 12.3 Å². The molecule has 1 N–H and O–H groups in total. The zero-order valence-corrected chi connectivity index (χ0v) is 21.9. The molecule has 1 aromatic heterocycles. The predicted octanol–water partition coefficient (Wildman–Crippen LogP) is 5.51. The van der Waals surface area contributed by atoms with Gasteiger partial charge in [-0.15, -0.1) is 11.6 Å². The van der Waals surface area contributed by atoms with Crippen LogP contribution in [0, 0.1) is 11.7 Å². The number of anilines is 1. The number of aromatic nitrogens is 1. The minimum absolute atomic E-state index is 0.0186. The van der Waals surface area contributed by atoms with Crippen LogP contribution in [0.5, 0.6) is 0 Å². The molecule has 1 fully saturated rings. The number of hydrogen-bond acceptors (Lipinski definition) is 5. The summed E-state index contributed by atoms with van der Waals surface area (Å²) < 4.78 is 45.8. The van der Waals surface area contributed by atoms with E-state index in [4.69, 9.17) is 27.9 Å². The number of carbonyl (C=O) groups excluding carboxylic acids is 3. The van der Waals surface area contributed by atoms with Crippen molar-refractivity contribution in [3.63, 3.8) is 0 Å². The normalized spacial score (nSPS) is 19.2. The summed E-state index contributed by atoms with van der Waals surface area (Å²) in [4.78, 5) is 44.2. The molecular weight excluding hydrogens is 534 g/mol. The van der Waals surface area contributed by atoms with E-state index >= 15 is 0 Å². The molecule has 2 aromatic rings. The fourth-order valence-corrected chi connectivity index (χ4v) is 4.36. The summed E-state index contributed by atoms with van der Waals surface area (Å²) in [5.74, 6) is -4.49. The highest BCUT2D eigenvalue weighted by Crippen LogP contribution is 2.45. The summed E-state index contributed by atoms with van der Waals surface area (Å²) in [7, 11) is 0. The zero-order valence-electron chi connectivity index (χ0n) is 20.4. The first-order valence-electron chi connectivity index (χ1n) is 11.3. The molecular formula is C25H26Cl2F3N3O4. The number of carbonyl (C=O) groups is 3. The van der Waals surface area contributed by atoms with Gasteiger partial charge in [-0.3, -0.25) is 14.4 Å². The van der Waals surface area contributed by atoms with E-state index in [-0.39, 0.29) is 30.0 Å². The van der Waals surface area contributed by atoms with Gasteiger partial charge in [0, 0.05) is 18.3 Å². The van der Waals surface area contributed by atoms with E-state index in [1.807, 2.05) is 0 Å². The first-order valence-corrected chi connectivity index (χ1v) is 12.3. The molecule has 0 radical (unpaired) electrons. The third-order valence-corrected chi connectivity index (χ3v) is 6.31. The van der Waals surface area contributed by atoms with Crippen LogP contribution in [0.1, 0.15) is 51.2 Å². The standard InChI is InChI=1S/C25H26Cl2F3N3O4/c1-24(2,3)37-22(35)16-9-25(10-16,23(36)32-21-18(28)8-17(27)12-31-21)33(19(34)11-26)13-14-4-6-15(7-5-14)20(29)30/h4-8,12,16,20H,9-11,13H2,1-3H3,(H,31,32,36). The van der Waals surface area contributed by atoms with Crippen molar-refractivity contribution in [1.82, 2.24) is 9.88 Å². The summed E-state index contributed by atoms with van der Waals surface area (Å²) in [6, 6.07) is 6.21. The van der Waals surface area contributed by atoms with Crippen LogP contribution < -0.4 is 5.32 Å². The van der Waals surface area contributed by atoms with Gasteiger partial charge in [-0.05, 0) is 45.2 Å². The third-order valence-electron chi connectivity index (χ3n) is 5.88. The molecule has 0 aliphatic heterocycles. The van der Waals surface area contributed by atoms with Crippen molar-refractivity contribution in [3.8, 4) is 0 Å². The van der Waals surface area contributed by atoms with Crippen LogP contribution in [0.3, 0.4) is 0 Å². The Kier molecular flexibility index (Phi) is 8.74. The summed E-state index contributed by atoms with van der Waals surface area (Å²) in [6.07, 6.45) is -1.78. The Morgan fingerprint density at radius 2 is 1.84 bits per heavy atom. The lowest BCUT2D eigenvalue weighted by molar-refractivity contribution is -0.175. The number of pyridine rings is 1. The second-order valence-electron chi connectivity index (χ2n) is 9.76. The Morgan fingerprint density at radius 3 is 2.35 bits per heavy atom. The van der Waals surface area contributed by atoms with Gasteiger partial charge in [-0.2, -0.15) is 0 Å². The maximum Gasteiger partial charge on any atom is 0.309 e. The first-order chi connectivity index (χ1) is 17.3. The van der Waals surface area contributed by atoms with Crippen molar-refractivity contribution < 1.29 is 32.3 Å². The molecule has 0 saturated heterocycles. The first kappa shape index (κ1) is 28.7. The number of ether oxygens (including phenoxy) is 1. The van der Waals surface area contributed by atoms with Gasteiger partial charge in [0.1, 0.15) is 17.0 Å². The largest absolute Gasteiger partial charge is 0.460 e. The van der Waals surface area contributed by atoms with Crippen LogP contribution in [-0.2, 0) is 25.7 Å². The topological polar surface area (TPSA) is 88.6 Å². The zero-order chi connectivity index (χ0) is 27.5. The summed E-state index contributed by atoms with van der Waals surface area (Å²) in [6.45, 7) is 4.93. The highest BCUT2D eigenvalue weighted by molar-refractivity contribution is 6.30. The van der Waals surface area contributed by atoms with Crippen molar-refractivity contribution >= 4 is 46.8 Å². The SMILES string of the molecule is CC(C)(C)OC(=O)C1CC(C(=O)Nc2ncc(Cl)cc2F)(N(Cc2ccc(C(F)F)cc2)C(=O)CCl)C1. The molecule has 1 saturated carbocycles. The average Bonchev–Trinajstić information content (AvgIpc) is 2.78. The molecule has 1 aliphatic carbocycles. The van der Waals surface area contributed by atoms with E-state index in [9.17, 15) is 27.6 Å². The molecule has 200 valence electrons. The van der Waals surface area contributed by atoms with Crippen LogP contribution in [0.4, 0.5) is 19.0 Å². The number of nitrogens with zero attached hydrogens (tertiary/aromatic N) is 2. The van der Waals surface area contributed by atoms with E-state index in [2.05, 4.69) is 10.3 Å². The maximum absolute atomic E-state index is 14.4. The fraction of sp³-hybridized carbons (Fsp3) is 0.440. The van der Waals surface area contributed by atoms with Crippen molar-refractivity contribution in [3.05, 3.63) is 58.5 Å². The van der Waals surface area contributed by atoms with E-state index in [0.717, 1.165) is 12.3 Å². The Bertz CT molecular complexity index is 1170. The summed E-state index contributed by atoms with van der Waals surface area (Å²) >= 11 is 11.6. The number of alkyl halides is 3. The van der Waals surface area contributed by atoms with Crippen molar-refractivity contribution in [2.24, 2.45) is 5.92 Å². The van der Waals surface area contributed by atoms with Crippen LogP contribution in [-0.4, -0.2) is 44.7 Å². The molecule has 0 spiro atoms. The average molecular weight is 560 g/mol. The Labute approximate surface area is 222 Å². The van der Waals surface area contributed by atoms with E-state index in [1.54, 1.807) is 20.8 Å². The highest BCUT2D eigenvalue weighted by Gasteiger charge is 2.58. The summed E-state index contributed by atoms with van der Waals surface area (Å²) in [5, 5.41) is 2.40. The van der Waals surface area contributed by atoms with Gasteiger partial charge in [0.2, 0.25) is 5.91 Å². The van der Waals surface area contributed by atoms with Gasteiger partial charge >= 0.3 is 5.97 Å². The Hall–Kier alpha value is -2.85. The number of esters is 1. The minimum atomic E-state index is -2.67. The monoisotopic (exact) mass is 559 g/mol. The lowest BCUT2D eigenvalue weighted by atomic mass is 9.66. The summed E-state index contributed by atoms with van der Waals surface area (Å²) in [5.41, 5.74) is -2.13. The van der Waals surface area contributed by atoms with Crippen molar-refractivity contribution in [2.45, 2.75) is 57.7 Å². The van der Waals surface area contributed by atoms with Crippen LogP contribution in [0.25, 0.3) is 0 Å². The lowest BCUT2D eigenvalue weighted by Crippen LogP contribution is -2.67. The molecule has 1 aromatic carbocycles. The second kappa shape index (κ2) is 11.3. The van der Waals surface area contributed by atoms with Crippen LogP contribution in [0.15, 0.2) is 36.5 Å². The molecule has 3 rings (SSSR count). The number of halogens is 5. The predicted molar refractivity (Wildman–Crippen MR) is 132 cm³/mol. The third kappa shape index (κ3) is 6.73. The lowest BCUT2D eigenvalue weighted by Gasteiger charge is -2.51. The molecule has 0 unspecified atom stereocenters. The molecule has 1 aliphatic rings. The van der Waals surface area contributed by atoms with Crippen LogP contribution in [0.2, 0.25) is 5.02 Å². The van der Waals surface area contributed by atoms with Crippen molar-refractivity contribution in [1.29, 1.82) is 0 Å². The van der Waals surface area contributed by atoms with Gasteiger partial charge in [-0.25, -0.2) is 18.2 Å². The van der Waals surface area contributed by atoms with E-state index in [1.165, 1.54) is 29.2 Å². The van der Waals surface area contributed by atoms with Gasteiger partial charge in [-0.1, -0.05) is 35.9 Å². The molecule has 7 nitrogen and oxygen atoms in total. The quantitative estimate of drug-likeness (QED) is 0.340. The molecule has 12 heteroatoms. The Morgan fingerprint density at radius 1 is 1.22 bits per heavy atom. The highest BCUT2D eigenvalue weighted by atomic mass is 35.5. The molecule has 0 bridgehead atoms. The molecule has 37 heavy (non-hydrogen) atoms. The van der Waals surface area contributed by atoms with Gasteiger partial charge < -0.3 is 15.0 Å². The molecule has 1 heterocycles. The van der Waals surface area contributed by atoms with Crippen molar-refractivity contribution in [2.75, 3.05) is 11.2 Å². The number of amides is 2. The number of hydrogen-bond donors (Lipinski definition) is 1. The number of rotatable bonds is 8. The second-order valence-corrected chi connectivity index (χ2v) is 10.5. The smallest absolute Gasteiger partial charge is 0.309 e. The number of nitrogens with one attached hydrogen (secondary N) is 1.